The SMILES string of the molecule is COC(=O)c1ccc(NC(=O)[C@@H]2CC(=O)N(c3cccc(Cl)c3)C2)cc1. The van der Waals surface area contributed by atoms with Crippen LogP contribution >= 0.6 is 11.6 Å². The molecule has 0 aromatic heterocycles. The summed E-state index contributed by atoms with van der Waals surface area (Å²) in [5, 5.41) is 3.31. The second-order valence-electron chi connectivity index (χ2n) is 5.94. The Bertz CT molecular complexity index is 851. The van der Waals surface area contributed by atoms with Crippen LogP contribution in [0.15, 0.2) is 48.5 Å². The molecule has 2 aromatic rings. The molecule has 1 heterocycles. The molecule has 0 bridgehead atoms. The zero-order valence-corrected chi connectivity index (χ0v) is 14.8. The van der Waals surface area contributed by atoms with Crippen molar-refractivity contribution in [2.75, 3.05) is 23.9 Å². The highest BCUT2D eigenvalue weighted by molar-refractivity contribution is 6.31. The number of methoxy groups -OCH3 is 1. The Morgan fingerprint density at radius 2 is 1.92 bits per heavy atom. The van der Waals surface area contributed by atoms with Gasteiger partial charge in [-0.15, -0.1) is 0 Å². The van der Waals surface area contributed by atoms with Crippen LogP contribution < -0.4 is 10.2 Å². The van der Waals surface area contributed by atoms with Gasteiger partial charge in [0.2, 0.25) is 11.8 Å². The molecule has 26 heavy (non-hydrogen) atoms. The summed E-state index contributed by atoms with van der Waals surface area (Å²) >= 11 is 5.97. The Hall–Kier alpha value is -2.86. The first-order valence-electron chi connectivity index (χ1n) is 8.03. The molecule has 1 aliphatic heterocycles. The number of hydrogen-bond donors (Lipinski definition) is 1. The van der Waals surface area contributed by atoms with E-state index in [0.717, 1.165) is 0 Å². The van der Waals surface area contributed by atoms with Gasteiger partial charge >= 0.3 is 5.97 Å². The van der Waals surface area contributed by atoms with Crippen LogP contribution in [0.3, 0.4) is 0 Å². The molecule has 0 radical (unpaired) electrons. The van der Waals surface area contributed by atoms with Gasteiger partial charge in [-0.1, -0.05) is 17.7 Å². The average molecular weight is 373 g/mol. The number of rotatable bonds is 4. The number of benzene rings is 2. The molecule has 1 atom stereocenters. The van der Waals surface area contributed by atoms with E-state index >= 15 is 0 Å². The number of ether oxygens (including phenoxy) is 1. The number of anilines is 2. The van der Waals surface area contributed by atoms with Crippen molar-refractivity contribution in [3.05, 3.63) is 59.1 Å². The van der Waals surface area contributed by atoms with Gasteiger partial charge in [0.25, 0.3) is 0 Å². The molecule has 2 aromatic carbocycles. The summed E-state index contributed by atoms with van der Waals surface area (Å²) in [6, 6.07) is 13.4. The second-order valence-corrected chi connectivity index (χ2v) is 6.38. The molecular weight excluding hydrogens is 356 g/mol. The van der Waals surface area contributed by atoms with E-state index in [4.69, 9.17) is 11.6 Å². The smallest absolute Gasteiger partial charge is 0.337 e. The third kappa shape index (κ3) is 3.86. The molecule has 0 aliphatic carbocycles. The topological polar surface area (TPSA) is 75.7 Å². The first-order valence-corrected chi connectivity index (χ1v) is 8.41. The molecule has 1 N–H and O–H groups in total. The molecular formula is C19H17ClN2O4. The number of carbonyl (C=O) groups excluding carboxylic acids is 3. The van der Waals surface area contributed by atoms with Gasteiger partial charge in [-0.3, -0.25) is 9.59 Å². The maximum Gasteiger partial charge on any atom is 0.337 e. The number of halogens is 1. The predicted octanol–water partition coefficient (Wildman–Crippen LogP) is 3.12. The minimum atomic E-state index is -0.457. The van der Waals surface area contributed by atoms with Crippen LogP contribution in [0.25, 0.3) is 0 Å². The highest BCUT2D eigenvalue weighted by Crippen LogP contribution is 2.27. The highest BCUT2D eigenvalue weighted by Gasteiger charge is 2.35. The third-order valence-corrected chi connectivity index (χ3v) is 4.42. The fourth-order valence-corrected chi connectivity index (χ4v) is 3.01. The number of nitrogens with one attached hydrogen (secondary N) is 1. The van der Waals surface area contributed by atoms with Crippen LogP contribution in [0.5, 0.6) is 0 Å². The minimum absolute atomic E-state index is 0.117. The van der Waals surface area contributed by atoms with Crippen molar-refractivity contribution in [3.8, 4) is 0 Å². The largest absolute Gasteiger partial charge is 0.465 e. The molecule has 0 saturated carbocycles. The number of carbonyl (C=O) groups is 3. The van der Waals surface area contributed by atoms with E-state index in [9.17, 15) is 14.4 Å². The fraction of sp³-hybridized carbons (Fsp3) is 0.211. The zero-order valence-electron chi connectivity index (χ0n) is 14.1. The average Bonchev–Trinajstić information content (AvgIpc) is 3.03. The highest BCUT2D eigenvalue weighted by atomic mass is 35.5. The number of amides is 2. The van der Waals surface area contributed by atoms with Crippen LogP contribution in [0.2, 0.25) is 5.02 Å². The van der Waals surface area contributed by atoms with E-state index in [1.165, 1.54) is 7.11 Å². The van der Waals surface area contributed by atoms with Gasteiger partial charge in [0, 0.05) is 29.4 Å². The van der Waals surface area contributed by atoms with Gasteiger partial charge in [0.05, 0.1) is 18.6 Å². The molecule has 0 unspecified atom stereocenters. The van der Waals surface area contributed by atoms with Gasteiger partial charge in [0.15, 0.2) is 0 Å². The lowest BCUT2D eigenvalue weighted by Crippen LogP contribution is -2.28. The molecule has 3 rings (SSSR count). The maximum atomic E-state index is 12.5. The predicted molar refractivity (Wildman–Crippen MR) is 98.3 cm³/mol. The Morgan fingerprint density at radius 3 is 2.58 bits per heavy atom. The lowest BCUT2D eigenvalue weighted by Gasteiger charge is -2.17. The Balaban J connectivity index is 1.65. The number of esters is 1. The lowest BCUT2D eigenvalue weighted by atomic mass is 10.1. The summed E-state index contributed by atoms with van der Waals surface area (Å²) in [4.78, 5) is 37.7. The molecule has 2 amide bonds. The van der Waals surface area contributed by atoms with Crippen molar-refractivity contribution >= 4 is 40.8 Å². The van der Waals surface area contributed by atoms with Crippen LogP contribution in [0, 0.1) is 5.92 Å². The fourth-order valence-electron chi connectivity index (χ4n) is 2.83. The molecule has 7 heteroatoms. The molecule has 0 spiro atoms. The van der Waals surface area contributed by atoms with Crippen molar-refractivity contribution < 1.29 is 19.1 Å². The molecule has 1 saturated heterocycles. The summed E-state index contributed by atoms with van der Waals surface area (Å²) in [7, 11) is 1.31. The zero-order chi connectivity index (χ0) is 18.7. The normalized spacial score (nSPS) is 16.5. The van der Waals surface area contributed by atoms with E-state index in [0.29, 0.717) is 28.5 Å². The van der Waals surface area contributed by atoms with E-state index in [2.05, 4.69) is 10.1 Å². The van der Waals surface area contributed by atoms with Crippen molar-refractivity contribution in [2.24, 2.45) is 5.92 Å². The first-order chi connectivity index (χ1) is 12.5. The summed E-state index contributed by atoms with van der Waals surface area (Å²) in [6.07, 6.45) is 0.137. The van der Waals surface area contributed by atoms with Gasteiger partial charge < -0.3 is 15.0 Å². The lowest BCUT2D eigenvalue weighted by molar-refractivity contribution is -0.122. The Labute approximate surface area is 155 Å². The Morgan fingerprint density at radius 1 is 1.19 bits per heavy atom. The van der Waals surface area contributed by atoms with Gasteiger partial charge in [0.1, 0.15) is 0 Å². The number of hydrogen-bond acceptors (Lipinski definition) is 4. The van der Waals surface area contributed by atoms with Crippen LogP contribution in [0.1, 0.15) is 16.8 Å². The molecule has 134 valence electrons. The molecule has 6 nitrogen and oxygen atoms in total. The van der Waals surface area contributed by atoms with Crippen molar-refractivity contribution in [3.63, 3.8) is 0 Å². The quantitative estimate of drug-likeness (QED) is 0.837. The van der Waals surface area contributed by atoms with E-state index < -0.39 is 11.9 Å². The summed E-state index contributed by atoms with van der Waals surface area (Å²) in [5.41, 5.74) is 1.63. The van der Waals surface area contributed by atoms with Gasteiger partial charge in [-0.25, -0.2) is 4.79 Å². The van der Waals surface area contributed by atoms with Gasteiger partial charge in [-0.05, 0) is 42.5 Å². The van der Waals surface area contributed by atoms with E-state index in [-0.39, 0.29) is 18.2 Å². The monoisotopic (exact) mass is 372 g/mol. The van der Waals surface area contributed by atoms with E-state index in [1.807, 2.05) is 0 Å². The molecule has 1 fully saturated rings. The van der Waals surface area contributed by atoms with Crippen molar-refractivity contribution in [1.82, 2.24) is 0 Å². The van der Waals surface area contributed by atoms with Crippen molar-refractivity contribution in [2.45, 2.75) is 6.42 Å². The molecule has 1 aliphatic rings. The van der Waals surface area contributed by atoms with Crippen LogP contribution in [-0.2, 0) is 14.3 Å². The summed E-state index contributed by atoms with van der Waals surface area (Å²) in [5.74, 6) is -1.26. The summed E-state index contributed by atoms with van der Waals surface area (Å²) in [6.45, 7) is 0.297. The van der Waals surface area contributed by atoms with Gasteiger partial charge in [-0.2, -0.15) is 0 Å². The second kappa shape index (κ2) is 7.58. The summed E-state index contributed by atoms with van der Waals surface area (Å²) < 4.78 is 4.63. The Kier molecular flexibility index (Phi) is 5.23. The van der Waals surface area contributed by atoms with Crippen LogP contribution in [0.4, 0.5) is 11.4 Å². The standard InChI is InChI=1S/C19H17ClN2O4/c1-26-19(25)12-5-7-15(8-6-12)21-18(24)13-9-17(23)22(11-13)16-4-2-3-14(20)10-16/h2-8,10,13H,9,11H2,1H3,(H,21,24)/t13-/m1/s1. The number of nitrogens with zero attached hydrogens (tertiary/aromatic N) is 1. The first kappa shape index (κ1) is 17.9. The van der Waals surface area contributed by atoms with Crippen molar-refractivity contribution in [1.29, 1.82) is 0 Å². The van der Waals surface area contributed by atoms with E-state index in [1.54, 1.807) is 53.4 Å². The third-order valence-electron chi connectivity index (χ3n) is 4.19. The minimum Gasteiger partial charge on any atom is -0.465 e. The maximum absolute atomic E-state index is 12.5. The van der Waals surface area contributed by atoms with Crippen LogP contribution in [-0.4, -0.2) is 31.4 Å².